The fourth-order valence-electron chi connectivity index (χ4n) is 1.97. The number of hydrogen-bond acceptors (Lipinski definition) is 4. The zero-order chi connectivity index (χ0) is 13.2. The lowest BCUT2D eigenvalue weighted by atomic mass is 10.1. The molecule has 1 aliphatic rings. The van der Waals surface area contributed by atoms with Crippen molar-refractivity contribution in [1.82, 2.24) is 15.7 Å². The number of hydrogen-bond donors (Lipinski definition) is 3. The van der Waals surface area contributed by atoms with Crippen LogP contribution in [0.4, 0.5) is 4.79 Å². The van der Waals surface area contributed by atoms with Crippen molar-refractivity contribution in [3.05, 3.63) is 0 Å². The summed E-state index contributed by atoms with van der Waals surface area (Å²) in [6, 6.07) is -0.359. The van der Waals surface area contributed by atoms with Gasteiger partial charge in [-0.15, -0.1) is 0 Å². The van der Waals surface area contributed by atoms with Gasteiger partial charge in [-0.2, -0.15) is 0 Å². The molecule has 106 valence electrons. The van der Waals surface area contributed by atoms with E-state index in [-0.39, 0.29) is 12.6 Å². The molecule has 0 radical (unpaired) electrons. The van der Waals surface area contributed by atoms with Crippen LogP contribution in [0, 0.1) is 0 Å². The molecule has 1 heterocycles. The first-order valence-electron chi connectivity index (χ1n) is 6.78. The number of aliphatic hydroxyl groups is 1. The topological polar surface area (TPSA) is 73.8 Å². The van der Waals surface area contributed by atoms with E-state index in [2.05, 4.69) is 15.7 Å². The second-order valence-electron chi connectivity index (χ2n) is 4.68. The third-order valence-corrected chi connectivity index (χ3v) is 2.89. The number of aliphatic hydroxyl groups excluding tert-OH is 1. The Labute approximate surface area is 109 Å². The maximum atomic E-state index is 11.1. The van der Waals surface area contributed by atoms with E-state index < -0.39 is 6.10 Å². The average Bonchev–Trinajstić information content (AvgIpc) is 2.37. The van der Waals surface area contributed by atoms with Crippen molar-refractivity contribution in [1.29, 1.82) is 0 Å². The van der Waals surface area contributed by atoms with Crippen LogP contribution in [0.5, 0.6) is 0 Å². The zero-order valence-corrected chi connectivity index (χ0v) is 11.2. The van der Waals surface area contributed by atoms with Gasteiger partial charge in [-0.05, 0) is 32.4 Å². The van der Waals surface area contributed by atoms with Gasteiger partial charge in [0.1, 0.15) is 6.61 Å². The van der Waals surface area contributed by atoms with Crippen molar-refractivity contribution in [2.45, 2.75) is 38.7 Å². The second kappa shape index (κ2) is 9.13. The third-order valence-electron chi connectivity index (χ3n) is 2.89. The van der Waals surface area contributed by atoms with Crippen LogP contribution in [0.3, 0.4) is 0 Å². The molecule has 1 saturated heterocycles. The molecule has 0 bridgehead atoms. The average molecular weight is 259 g/mol. The molecular formula is C12H25N3O3. The van der Waals surface area contributed by atoms with Crippen LogP contribution >= 0.6 is 0 Å². The molecule has 0 aromatic rings. The predicted molar refractivity (Wildman–Crippen MR) is 69.1 cm³/mol. The Balaban J connectivity index is 2.01. The monoisotopic (exact) mass is 259 g/mol. The van der Waals surface area contributed by atoms with E-state index in [9.17, 15) is 9.90 Å². The van der Waals surface area contributed by atoms with E-state index in [1.165, 1.54) is 19.3 Å². The number of rotatable bonds is 7. The molecule has 0 aliphatic carbocycles. The highest BCUT2D eigenvalue weighted by Crippen LogP contribution is 2.08. The predicted octanol–water partition coefficient (Wildman–Crippen LogP) is 0.474. The Hall–Kier alpha value is -0.850. The van der Waals surface area contributed by atoms with Crippen LogP contribution < -0.4 is 10.8 Å². The Morgan fingerprint density at radius 1 is 1.39 bits per heavy atom. The molecule has 1 unspecified atom stereocenters. The Morgan fingerprint density at radius 2 is 2.11 bits per heavy atom. The van der Waals surface area contributed by atoms with Crippen LogP contribution in [0.2, 0.25) is 0 Å². The molecule has 3 N–H and O–H groups in total. The molecule has 1 fully saturated rings. The maximum absolute atomic E-state index is 11.1. The molecule has 6 nitrogen and oxygen atoms in total. The van der Waals surface area contributed by atoms with Crippen molar-refractivity contribution in [3.8, 4) is 0 Å². The number of piperidine rings is 1. The van der Waals surface area contributed by atoms with E-state index in [1.807, 2.05) is 6.92 Å². The summed E-state index contributed by atoms with van der Waals surface area (Å²) in [5.74, 6) is 0. The molecule has 0 spiro atoms. The summed E-state index contributed by atoms with van der Waals surface area (Å²) in [5.41, 5.74) is 2.26. The summed E-state index contributed by atoms with van der Waals surface area (Å²) < 4.78 is 0. The molecule has 1 aliphatic heterocycles. The van der Waals surface area contributed by atoms with Gasteiger partial charge in [0, 0.05) is 13.1 Å². The quantitative estimate of drug-likeness (QED) is 0.581. The minimum Gasteiger partial charge on any atom is -0.389 e. The first-order valence-corrected chi connectivity index (χ1v) is 6.78. The number of nitrogens with one attached hydrogen (secondary N) is 2. The minimum atomic E-state index is -0.561. The number of hydroxylamine groups is 1. The van der Waals surface area contributed by atoms with Gasteiger partial charge in [0.2, 0.25) is 0 Å². The first-order chi connectivity index (χ1) is 8.72. The van der Waals surface area contributed by atoms with Crippen molar-refractivity contribution in [2.24, 2.45) is 0 Å². The minimum absolute atomic E-state index is 0.121. The van der Waals surface area contributed by atoms with Crippen LogP contribution in [-0.2, 0) is 4.84 Å². The lowest BCUT2D eigenvalue weighted by Gasteiger charge is -2.28. The van der Waals surface area contributed by atoms with E-state index in [4.69, 9.17) is 4.84 Å². The van der Waals surface area contributed by atoms with Gasteiger partial charge in [-0.1, -0.05) is 13.3 Å². The number of nitrogens with zero attached hydrogens (tertiary/aromatic N) is 1. The molecule has 1 rings (SSSR count). The summed E-state index contributed by atoms with van der Waals surface area (Å²) in [4.78, 5) is 18.3. The Morgan fingerprint density at radius 3 is 2.78 bits per heavy atom. The first kappa shape index (κ1) is 15.2. The summed E-state index contributed by atoms with van der Waals surface area (Å²) >= 11 is 0. The standard InChI is InChI=1S/C12H25N3O3/c1-2-6-13-12(17)14-18-10-11(16)9-15-7-4-3-5-8-15/h11,16H,2-10H2,1H3,(H2,13,14,17). The fourth-order valence-corrected chi connectivity index (χ4v) is 1.97. The smallest absolute Gasteiger partial charge is 0.338 e. The number of carbonyl (C=O) groups is 1. The van der Waals surface area contributed by atoms with E-state index in [0.717, 1.165) is 19.5 Å². The van der Waals surface area contributed by atoms with Gasteiger partial charge in [0.25, 0.3) is 0 Å². The molecule has 2 amide bonds. The molecular weight excluding hydrogens is 234 g/mol. The van der Waals surface area contributed by atoms with Crippen molar-refractivity contribution in [3.63, 3.8) is 0 Å². The number of carbonyl (C=O) groups excluding carboxylic acids is 1. The third kappa shape index (κ3) is 6.78. The largest absolute Gasteiger partial charge is 0.389 e. The van der Waals surface area contributed by atoms with Gasteiger partial charge in [0.05, 0.1) is 6.10 Å². The normalized spacial score (nSPS) is 18.3. The van der Waals surface area contributed by atoms with Gasteiger partial charge in [-0.25, -0.2) is 10.3 Å². The van der Waals surface area contributed by atoms with Crippen molar-refractivity contribution < 1.29 is 14.7 Å². The lowest BCUT2D eigenvalue weighted by Crippen LogP contribution is -2.41. The van der Waals surface area contributed by atoms with Crippen LogP contribution in [0.1, 0.15) is 32.6 Å². The molecule has 0 saturated carbocycles. The highest BCUT2D eigenvalue weighted by molar-refractivity contribution is 5.72. The fraction of sp³-hybridized carbons (Fsp3) is 0.917. The lowest BCUT2D eigenvalue weighted by molar-refractivity contribution is -0.0174. The molecule has 1 atom stereocenters. The van der Waals surface area contributed by atoms with Gasteiger partial charge in [-0.3, -0.25) is 4.84 Å². The molecule has 0 aromatic carbocycles. The number of urea groups is 1. The number of amides is 2. The van der Waals surface area contributed by atoms with Gasteiger partial charge >= 0.3 is 6.03 Å². The van der Waals surface area contributed by atoms with E-state index >= 15 is 0 Å². The Bertz CT molecular complexity index is 233. The molecule has 6 heteroatoms. The summed E-state index contributed by atoms with van der Waals surface area (Å²) in [5, 5.41) is 12.4. The number of β-amino-alcohol motifs (C(OH)–C–C–N with tert-alkyl or cyclic N) is 1. The van der Waals surface area contributed by atoms with Crippen LogP contribution in [0.15, 0.2) is 0 Å². The summed E-state index contributed by atoms with van der Waals surface area (Å²) in [7, 11) is 0. The molecule has 0 aromatic heterocycles. The highest BCUT2D eigenvalue weighted by Gasteiger charge is 2.14. The van der Waals surface area contributed by atoms with E-state index in [1.54, 1.807) is 0 Å². The Kier molecular flexibility index (Phi) is 7.71. The van der Waals surface area contributed by atoms with Crippen molar-refractivity contribution in [2.75, 3.05) is 32.8 Å². The van der Waals surface area contributed by atoms with Gasteiger partial charge < -0.3 is 15.3 Å². The second-order valence-corrected chi connectivity index (χ2v) is 4.68. The van der Waals surface area contributed by atoms with Gasteiger partial charge in [0.15, 0.2) is 0 Å². The zero-order valence-electron chi connectivity index (χ0n) is 11.2. The maximum Gasteiger partial charge on any atom is 0.338 e. The summed E-state index contributed by atoms with van der Waals surface area (Å²) in [6.45, 7) is 5.41. The van der Waals surface area contributed by atoms with Crippen LogP contribution in [-0.4, -0.2) is 54.9 Å². The van der Waals surface area contributed by atoms with E-state index in [0.29, 0.717) is 13.1 Å². The highest BCUT2D eigenvalue weighted by atomic mass is 16.7. The summed E-state index contributed by atoms with van der Waals surface area (Å²) in [6.07, 6.45) is 4.00. The van der Waals surface area contributed by atoms with Crippen molar-refractivity contribution >= 4 is 6.03 Å². The number of likely N-dealkylation sites (tertiary alicyclic amines) is 1. The molecule has 18 heavy (non-hydrogen) atoms. The van der Waals surface area contributed by atoms with Crippen LogP contribution in [0.25, 0.3) is 0 Å². The SMILES string of the molecule is CCCNC(=O)NOCC(O)CN1CCCCC1.